The zero-order valence-electron chi connectivity index (χ0n) is 8.94. The van der Waals surface area contributed by atoms with Gasteiger partial charge in [0.25, 0.3) is 0 Å². The highest BCUT2D eigenvalue weighted by atomic mass is 28.4. The van der Waals surface area contributed by atoms with Crippen LogP contribution in [0.5, 0.6) is 0 Å². The van der Waals surface area contributed by atoms with E-state index in [1.54, 1.807) is 0 Å². The molecule has 2 nitrogen and oxygen atoms in total. The molecule has 0 aliphatic heterocycles. The molecule has 0 saturated carbocycles. The molecule has 0 aromatic carbocycles. The van der Waals surface area contributed by atoms with Crippen LogP contribution in [0, 0.1) is 0 Å². The van der Waals surface area contributed by atoms with Gasteiger partial charge in [0.2, 0.25) is 0 Å². The Hall–Kier alpha value is 0.0669. The maximum Gasteiger partial charge on any atom is 0.337 e. The van der Waals surface area contributed by atoms with E-state index >= 15 is 0 Å². The lowest BCUT2D eigenvalue weighted by Crippen LogP contribution is -2.41. The van der Waals surface area contributed by atoms with Crippen LogP contribution in [0.15, 0.2) is 0 Å². The maximum absolute atomic E-state index is 12.1. The summed E-state index contributed by atoms with van der Waals surface area (Å²) >= 11 is 0. The van der Waals surface area contributed by atoms with E-state index in [0.29, 0.717) is 19.6 Å². The molecule has 0 heterocycles. The predicted molar refractivity (Wildman–Crippen MR) is 54.9 cm³/mol. The van der Waals surface area contributed by atoms with E-state index in [1.165, 1.54) is 0 Å². The maximum atomic E-state index is 12.1. The summed E-state index contributed by atoms with van der Waals surface area (Å²) in [5.74, 6) is 0. The van der Waals surface area contributed by atoms with Gasteiger partial charge >= 0.3 is 8.56 Å². The number of hydrogen-bond acceptors (Lipinski definition) is 2. The van der Waals surface area contributed by atoms with E-state index in [-0.39, 0.29) is 6.67 Å². The summed E-state index contributed by atoms with van der Waals surface area (Å²) in [6.07, 6.45) is 0.570. The molecular formula is C9H21FO2Si. The van der Waals surface area contributed by atoms with Crippen molar-refractivity contribution in [2.75, 3.05) is 19.9 Å². The third-order valence-electron chi connectivity index (χ3n) is 2.04. The monoisotopic (exact) mass is 208 g/mol. The Labute approximate surface area is 81.7 Å². The molecule has 0 N–H and O–H groups in total. The summed E-state index contributed by atoms with van der Waals surface area (Å²) in [6.45, 7) is 7.07. The Morgan fingerprint density at radius 2 is 1.62 bits per heavy atom. The summed E-state index contributed by atoms with van der Waals surface area (Å²) in [5, 5.41) is 0. The van der Waals surface area contributed by atoms with Crippen molar-refractivity contribution < 1.29 is 13.2 Å². The number of hydrogen-bond donors (Lipinski definition) is 0. The highest BCUT2D eigenvalue weighted by Gasteiger charge is 2.34. The molecule has 13 heavy (non-hydrogen) atoms. The Morgan fingerprint density at radius 1 is 1.08 bits per heavy atom. The molecule has 80 valence electrons. The van der Waals surface area contributed by atoms with Crippen molar-refractivity contribution in [1.82, 2.24) is 0 Å². The summed E-state index contributed by atoms with van der Waals surface area (Å²) in [5.41, 5.74) is 0. The minimum Gasteiger partial charge on any atom is -0.394 e. The van der Waals surface area contributed by atoms with Gasteiger partial charge in [-0.2, -0.15) is 0 Å². The van der Waals surface area contributed by atoms with Crippen LogP contribution in [0.3, 0.4) is 0 Å². The Kier molecular flexibility index (Phi) is 7.51. The van der Waals surface area contributed by atoms with Gasteiger partial charge < -0.3 is 8.85 Å². The molecule has 0 aromatic rings. The Morgan fingerprint density at radius 3 is 1.92 bits per heavy atom. The van der Waals surface area contributed by atoms with E-state index in [4.69, 9.17) is 8.85 Å². The zero-order valence-corrected chi connectivity index (χ0v) is 9.94. The molecule has 0 rings (SSSR count). The zero-order chi connectivity index (χ0) is 10.2. The van der Waals surface area contributed by atoms with Crippen LogP contribution in [0.2, 0.25) is 12.1 Å². The van der Waals surface area contributed by atoms with Gasteiger partial charge in [0.05, 0.1) is 6.67 Å². The first-order valence-electron chi connectivity index (χ1n) is 5.08. The molecule has 4 heteroatoms. The van der Waals surface area contributed by atoms with Gasteiger partial charge in [-0.05, 0) is 32.4 Å². The molecule has 0 saturated heterocycles. The van der Waals surface area contributed by atoms with Crippen molar-refractivity contribution in [2.24, 2.45) is 0 Å². The fourth-order valence-corrected chi connectivity index (χ4v) is 4.29. The van der Waals surface area contributed by atoms with Crippen molar-refractivity contribution in [3.63, 3.8) is 0 Å². The molecule has 0 fully saturated rings. The summed E-state index contributed by atoms with van der Waals surface area (Å²) in [7, 11) is -2.03. The predicted octanol–water partition coefficient (Wildman–Crippen LogP) is 2.88. The summed E-state index contributed by atoms with van der Waals surface area (Å²) in [6, 6.07) is 1.69. The van der Waals surface area contributed by atoms with Crippen LogP contribution in [0.4, 0.5) is 4.39 Å². The van der Waals surface area contributed by atoms with Gasteiger partial charge in [-0.15, -0.1) is 0 Å². The van der Waals surface area contributed by atoms with E-state index in [1.807, 2.05) is 13.8 Å². The van der Waals surface area contributed by atoms with Gasteiger partial charge in [0, 0.05) is 13.2 Å². The average Bonchev–Trinajstić information content (AvgIpc) is 2.15. The van der Waals surface area contributed by atoms with Crippen LogP contribution >= 0.6 is 0 Å². The molecule has 0 atom stereocenters. The lowest BCUT2D eigenvalue weighted by Gasteiger charge is -2.28. The second-order valence-electron chi connectivity index (χ2n) is 2.92. The highest BCUT2D eigenvalue weighted by Crippen LogP contribution is 2.20. The first-order valence-corrected chi connectivity index (χ1v) is 7.31. The Bertz CT molecular complexity index is 116. The third kappa shape index (κ3) is 4.74. The quantitative estimate of drug-likeness (QED) is 0.571. The summed E-state index contributed by atoms with van der Waals surface area (Å²) in [4.78, 5) is 0. The molecule has 0 aromatic heterocycles. The van der Waals surface area contributed by atoms with Crippen LogP contribution in [-0.2, 0) is 8.85 Å². The van der Waals surface area contributed by atoms with Crippen molar-refractivity contribution in [1.29, 1.82) is 0 Å². The van der Waals surface area contributed by atoms with Crippen molar-refractivity contribution in [3.05, 3.63) is 0 Å². The normalized spacial score (nSPS) is 12.0. The number of alkyl halides is 1. The topological polar surface area (TPSA) is 18.5 Å². The number of halogens is 1. The molecule has 0 unspecified atom stereocenters. The largest absolute Gasteiger partial charge is 0.394 e. The molecule has 0 spiro atoms. The van der Waals surface area contributed by atoms with Gasteiger partial charge in [-0.1, -0.05) is 6.92 Å². The lowest BCUT2D eigenvalue weighted by molar-refractivity contribution is 0.182. The third-order valence-corrected chi connectivity index (χ3v) is 5.87. The van der Waals surface area contributed by atoms with Crippen molar-refractivity contribution in [3.8, 4) is 0 Å². The molecule has 0 amide bonds. The van der Waals surface area contributed by atoms with E-state index < -0.39 is 8.56 Å². The second kappa shape index (κ2) is 7.47. The van der Waals surface area contributed by atoms with Gasteiger partial charge in [-0.25, -0.2) is 0 Å². The summed E-state index contributed by atoms with van der Waals surface area (Å²) < 4.78 is 23.4. The fourth-order valence-electron chi connectivity index (χ4n) is 1.43. The fraction of sp³-hybridized carbons (Fsp3) is 1.00. The second-order valence-corrected chi connectivity index (χ2v) is 6.53. The van der Waals surface area contributed by atoms with Gasteiger partial charge in [-0.3, -0.25) is 4.39 Å². The Balaban J connectivity index is 4.07. The van der Waals surface area contributed by atoms with E-state index in [9.17, 15) is 4.39 Å². The van der Waals surface area contributed by atoms with E-state index in [2.05, 4.69) is 6.92 Å². The first-order chi connectivity index (χ1) is 6.24. The molecule has 0 aliphatic rings. The minimum atomic E-state index is -2.03. The van der Waals surface area contributed by atoms with Crippen molar-refractivity contribution >= 4 is 8.56 Å². The lowest BCUT2D eigenvalue weighted by atomic mass is 10.6. The first kappa shape index (κ1) is 13.1. The number of rotatable bonds is 8. The standard InChI is InChI=1S/C9H21FO2Si/c1-4-11-13(6-3,12-5-2)9-7-8-10/h4-9H2,1-3H3. The molecular weight excluding hydrogens is 187 g/mol. The highest BCUT2D eigenvalue weighted by molar-refractivity contribution is 6.67. The average molecular weight is 208 g/mol. The molecule has 0 aliphatic carbocycles. The van der Waals surface area contributed by atoms with Crippen LogP contribution in [-0.4, -0.2) is 28.4 Å². The van der Waals surface area contributed by atoms with Crippen LogP contribution in [0.1, 0.15) is 27.2 Å². The van der Waals surface area contributed by atoms with Gasteiger partial charge in [0.15, 0.2) is 0 Å². The smallest absolute Gasteiger partial charge is 0.337 e. The molecule has 0 radical (unpaired) electrons. The van der Waals surface area contributed by atoms with Crippen LogP contribution in [0.25, 0.3) is 0 Å². The SMILES string of the molecule is CCO[Si](CC)(CCCF)OCC. The van der Waals surface area contributed by atoms with Crippen LogP contribution < -0.4 is 0 Å². The van der Waals surface area contributed by atoms with Crippen molar-refractivity contribution in [2.45, 2.75) is 39.3 Å². The minimum absolute atomic E-state index is 0.269. The van der Waals surface area contributed by atoms with Gasteiger partial charge in [0.1, 0.15) is 0 Å². The molecule has 0 bridgehead atoms. The van der Waals surface area contributed by atoms with E-state index in [0.717, 1.165) is 12.1 Å².